The molecule has 1 aliphatic heterocycles. The number of carboxylic acids is 1. The summed E-state index contributed by atoms with van der Waals surface area (Å²) in [5.41, 5.74) is 1.51. The highest BCUT2D eigenvalue weighted by atomic mass is 19.3. The van der Waals surface area contributed by atoms with Crippen LogP contribution in [0.3, 0.4) is 0 Å². The second-order valence-corrected chi connectivity index (χ2v) is 5.72. The number of piperidine rings is 1. The number of nitrogens with zero attached hydrogens (tertiary/aromatic N) is 2. The molecule has 3 rings (SSSR count). The first kappa shape index (κ1) is 14.7. The summed E-state index contributed by atoms with van der Waals surface area (Å²) in [6.45, 7) is 2.01. The molecule has 116 valence electrons. The molecule has 0 amide bonds. The van der Waals surface area contributed by atoms with Crippen LogP contribution in [0.1, 0.15) is 30.1 Å². The van der Waals surface area contributed by atoms with Gasteiger partial charge in [0.25, 0.3) is 5.92 Å². The van der Waals surface area contributed by atoms with E-state index in [1.54, 1.807) is 25.1 Å². The van der Waals surface area contributed by atoms with E-state index in [-0.39, 0.29) is 31.0 Å². The van der Waals surface area contributed by atoms with Crippen LogP contribution in [0.15, 0.2) is 30.5 Å². The highest BCUT2D eigenvalue weighted by molar-refractivity contribution is 6.03. The van der Waals surface area contributed by atoms with Gasteiger partial charge in [0.1, 0.15) is 0 Å². The molecule has 6 heteroatoms. The normalized spacial score (nSPS) is 21.0. The number of carboxylic acid groups (broad SMARTS) is 1. The quantitative estimate of drug-likeness (QED) is 0.922. The predicted octanol–water partition coefficient (Wildman–Crippen LogP) is 3.56. The van der Waals surface area contributed by atoms with E-state index < -0.39 is 11.9 Å². The second-order valence-electron chi connectivity index (χ2n) is 5.72. The molecule has 22 heavy (non-hydrogen) atoms. The van der Waals surface area contributed by atoms with Crippen molar-refractivity contribution < 1.29 is 18.7 Å². The van der Waals surface area contributed by atoms with Crippen LogP contribution in [0.5, 0.6) is 0 Å². The van der Waals surface area contributed by atoms with Crippen molar-refractivity contribution in [3.63, 3.8) is 0 Å². The zero-order valence-electron chi connectivity index (χ0n) is 12.1. The minimum Gasteiger partial charge on any atom is -0.478 e. The van der Waals surface area contributed by atoms with Gasteiger partial charge in [0.2, 0.25) is 0 Å². The van der Waals surface area contributed by atoms with Gasteiger partial charge in [-0.15, -0.1) is 0 Å². The molecule has 0 radical (unpaired) electrons. The zero-order chi connectivity index (χ0) is 15.9. The first-order chi connectivity index (χ1) is 10.4. The number of pyridine rings is 1. The Morgan fingerprint density at radius 1 is 1.41 bits per heavy atom. The van der Waals surface area contributed by atoms with Gasteiger partial charge < -0.3 is 10.0 Å². The van der Waals surface area contributed by atoms with Gasteiger partial charge in [-0.3, -0.25) is 4.98 Å². The van der Waals surface area contributed by atoms with Crippen LogP contribution in [0, 0.1) is 0 Å². The third kappa shape index (κ3) is 2.61. The average Bonchev–Trinajstić information content (AvgIpc) is 2.45. The summed E-state index contributed by atoms with van der Waals surface area (Å²) in [6, 6.07) is 6.41. The number of hydrogen-bond acceptors (Lipinski definition) is 3. The minimum absolute atomic E-state index is 0.168. The number of anilines is 1. The van der Waals surface area contributed by atoms with Gasteiger partial charge in [0.15, 0.2) is 0 Å². The number of fused-ring (bicyclic) bond motifs is 1. The molecular weight excluding hydrogens is 290 g/mol. The number of alkyl halides is 2. The van der Waals surface area contributed by atoms with Crippen LogP contribution in [0.2, 0.25) is 0 Å². The van der Waals surface area contributed by atoms with Gasteiger partial charge in [-0.05, 0) is 31.2 Å². The maximum atomic E-state index is 13.5. The molecule has 1 aromatic heterocycles. The summed E-state index contributed by atoms with van der Waals surface area (Å²) in [7, 11) is 0. The molecule has 1 saturated heterocycles. The minimum atomic E-state index is -2.62. The Morgan fingerprint density at radius 3 is 2.86 bits per heavy atom. The number of aromatic nitrogens is 1. The summed E-state index contributed by atoms with van der Waals surface area (Å²) >= 11 is 0. The first-order valence-corrected chi connectivity index (χ1v) is 7.14. The molecule has 1 aliphatic rings. The van der Waals surface area contributed by atoms with Crippen LogP contribution in [0.4, 0.5) is 14.5 Å². The zero-order valence-corrected chi connectivity index (χ0v) is 12.1. The summed E-state index contributed by atoms with van der Waals surface area (Å²) in [5.74, 6) is -3.65. The molecule has 1 fully saturated rings. The molecule has 1 N–H and O–H groups in total. The van der Waals surface area contributed by atoms with Crippen LogP contribution in [-0.2, 0) is 0 Å². The molecule has 0 aliphatic carbocycles. The Kier molecular flexibility index (Phi) is 3.47. The first-order valence-electron chi connectivity index (χ1n) is 7.14. The van der Waals surface area contributed by atoms with Crippen LogP contribution in [0.25, 0.3) is 10.9 Å². The van der Waals surface area contributed by atoms with Crippen molar-refractivity contribution in [3.05, 3.63) is 36.0 Å². The van der Waals surface area contributed by atoms with Gasteiger partial charge >= 0.3 is 5.97 Å². The molecule has 1 aromatic carbocycles. The van der Waals surface area contributed by atoms with Crippen LogP contribution >= 0.6 is 0 Å². The van der Waals surface area contributed by atoms with E-state index in [0.717, 1.165) is 5.69 Å². The van der Waals surface area contributed by atoms with E-state index in [1.165, 1.54) is 12.3 Å². The molecule has 0 unspecified atom stereocenters. The fourth-order valence-electron chi connectivity index (χ4n) is 3.03. The van der Waals surface area contributed by atoms with E-state index in [1.807, 2.05) is 4.90 Å². The molecule has 4 nitrogen and oxygen atoms in total. The molecule has 2 aromatic rings. The number of aromatic carboxylic acids is 1. The number of carbonyl (C=O) groups is 1. The number of halogens is 2. The molecule has 0 spiro atoms. The molecule has 2 heterocycles. The largest absolute Gasteiger partial charge is 0.478 e. The van der Waals surface area contributed by atoms with E-state index in [2.05, 4.69) is 4.98 Å². The Balaban J connectivity index is 2.02. The van der Waals surface area contributed by atoms with Crippen molar-refractivity contribution in [1.29, 1.82) is 0 Å². The molecule has 0 bridgehead atoms. The van der Waals surface area contributed by atoms with Crippen molar-refractivity contribution in [2.75, 3.05) is 11.4 Å². The van der Waals surface area contributed by atoms with Crippen molar-refractivity contribution in [1.82, 2.24) is 4.98 Å². The van der Waals surface area contributed by atoms with Crippen LogP contribution in [-0.4, -0.2) is 34.6 Å². The maximum Gasteiger partial charge on any atom is 0.336 e. The van der Waals surface area contributed by atoms with E-state index >= 15 is 0 Å². The Bertz CT molecular complexity index is 733. The monoisotopic (exact) mass is 306 g/mol. The molecular formula is C16H16F2N2O2. The Labute approximate surface area is 126 Å². The smallest absolute Gasteiger partial charge is 0.336 e. The number of rotatable bonds is 2. The number of benzene rings is 1. The SMILES string of the molecule is C[C@@H]1CC(F)(F)CCN1c1ccc2nccc(C(=O)O)c2c1. The van der Waals surface area contributed by atoms with Crippen molar-refractivity contribution in [3.8, 4) is 0 Å². The van der Waals surface area contributed by atoms with Crippen molar-refractivity contribution >= 4 is 22.6 Å². The van der Waals surface area contributed by atoms with E-state index in [9.17, 15) is 18.7 Å². The lowest BCUT2D eigenvalue weighted by Gasteiger charge is -2.39. The lowest BCUT2D eigenvalue weighted by Crippen LogP contribution is -2.45. The fourth-order valence-corrected chi connectivity index (χ4v) is 3.03. The highest BCUT2D eigenvalue weighted by Gasteiger charge is 2.38. The third-order valence-corrected chi connectivity index (χ3v) is 4.13. The lowest BCUT2D eigenvalue weighted by atomic mass is 9.98. The van der Waals surface area contributed by atoms with Gasteiger partial charge in [0.05, 0.1) is 11.1 Å². The maximum absolute atomic E-state index is 13.5. The van der Waals surface area contributed by atoms with Crippen molar-refractivity contribution in [2.24, 2.45) is 0 Å². The summed E-state index contributed by atoms with van der Waals surface area (Å²) in [5, 5.41) is 9.79. The predicted molar refractivity (Wildman–Crippen MR) is 79.7 cm³/mol. The topological polar surface area (TPSA) is 53.4 Å². The Hall–Kier alpha value is -2.24. The average molecular weight is 306 g/mol. The van der Waals surface area contributed by atoms with E-state index in [4.69, 9.17) is 0 Å². The molecule has 0 saturated carbocycles. The standard InChI is InChI=1S/C16H16F2N2O2/c1-10-9-16(17,18)5-7-20(10)11-2-3-14-13(8-11)12(15(21)22)4-6-19-14/h2-4,6,8,10H,5,7,9H2,1H3,(H,21,22)/t10-/m1/s1. The van der Waals surface area contributed by atoms with Gasteiger partial charge in [-0.25, -0.2) is 13.6 Å². The lowest BCUT2D eigenvalue weighted by molar-refractivity contribution is -0.0318. The molecule has 1 atom stereocenters. The van der Waals surface area contributed by atoms with E-state index in [0.29, 0.717) is 10.9 Å². The number of hydrogen-bond donors (Lipinski definition) is 1. The summed E-state index contributed by atoms with van der Waals surface area (Å²) in [4.78, 5) is 17.4. The Morgan fingerprint density at radius 2 is 2.18 bits per heavy atom. The van der Waals surface area contributed by atoms with Gasteiger partial charge in [-0.2, -0.15) is 0 Å². The van der Waals surface area contributed by atoms with Crippen LogP contribution < -0.4 is 4.90 Å². The second kappa shape index (κ2) is 5.19. The summed E-state index contributed by atoms with van der Waals surface area (Å²) < 4.78 is 26.9. The summed E-state index contributed by atoms with van der Waals surface area (Å²) in [6.07, 6.45) is 1.08. The highest BCUT2D eigenvalue weighted by Crippen LogP contribution is 2.35. The van der Waals surface area contributed by atoms with Crippen molar-refractivity contribution in [2.45, 2.75) is 31.7 Å². The third-order valence-electron chi connectivity index (χ3n) is 4.13. The fraction of sp³-hybridized carbons (Fsp3) is 0.375. The van der Waals surface area contributed by atoms with Gasteiger partial charge in [-0.1, -0.05) is 0 Å². The van der Waals surface area contributed by atoms with Gasteiger partial charge in [0, 0.05) is 42.7 Å².